The smallest absolute Gasteiger partial charge is 0.318 e. The average Bonchev–Trinajstić information content (AvgIpc) is 3.02. The lowest BCUT2D eigenvalue weighted by atomic mass is 10.1. The van der Waals surface area contributed by atoms with Crippen molar-refractivity contribution in [3.63, 3.8) is 0 Å². The third-order valence-electron chi connectivity index (χ3n) is 4.29. The van der Waals surface area contributed by atoms with E-state index in [4.69, 9.17) is 0 Å². The number of aromatic nitrogens is 1. The molecule has 126 valence electrons. The van der Waals surface area contributed by atoms with Crippen molar-refractivity contribution in [3.05, 3.63) is 53.9 Å². The van der Waals surface area contributed by atoms with Gasteiger partial charge in [0.05, 0.1) is 6.04 Å². The predicted molar refractivity (Wildman–Crippen MR) is 92.5 cm³/mol. The zero-order chi connectivity index (χ0) is 17.1. The fourth-order valence-corrected chi connectivity index (χ4v) is 3.10. The molecule has 3 rings (SSSR count). The van der Waals surface area contributed by atoms with Gasteiger partial charge in [0, 0.05) is 44.1 Å². The van der Waals surface area contributed by atoms with Gasteiger partial charge in [0.2, 0.25) is 5.91 Å². The van der Waals surface area contributed by atoms with Gasteiger partial charge in [-0.25, -0.2) is 4.79 Å². The zero-order valence-corrected chi connectivity index (χ0v) is 14.0. The molecule has 0 bridgehead atoms. The van der Waals surface area contributed by atoms with Gasteiger partial charge in [0.1, 0.15) is 0 Å². The molecule has 1 aromatic heterocycles. The summed E-state index contributed by atoms with van der Waals surface area (Å²) in [5.74, 6) is -0.110. The van der Waals surface area contributed by atoms with Crippen molar-refractivity contribution in [2.24, 2.45) is 0 Å². The Morgan fingerprint density at radius 3 is 2.83 bits per heavy atom. The van der Waals surface area contributed by atoms with Gasteiger partial charge in [-0.05, 0) is 36.8 Å². The highest BCUT2D eigenvalue weighted by atomic mass is 16.2. The molecule has 1 unspecified atom stereocenters. The Hall–Kier alpha value is -2.76. The first-order valence-electron chi connectivity index (χ1n) is 8.10. The maximum absolute atomic E-state index is 12.5. The number of hydrogen-bond donors (Lipinski definition) is 2. The summed E-state index contributed by atoms with van der Waals surface area (Å²) in [6.07, 6.45) is 2.05. The molecular formula is C18H22N4O2. The molecule has 6 heteroatoms. The number of amides is 3. The Bertz CT molecular complexity index is 753. The number of carbonyl (C=O) groups is 2. The summed E-state index contributed by atoms with van der Waals surface area (Å²) in [6, 6.07) is 11.5. The molecule has 0 saturated carbocycles. The Labute approximate surface area is 141 Å². The third-order valence-corrected chi connectivity index (χ3v) is 4.29. The van der Waals surface area contributed by atoms with Crippen molar-refractivity contribution in [1.29, 1.82) is 0 Å². The predicted octanol–water partition coefficient (Wildman–Crippen LogP) is 2.73. The molecule has 1 atom stereocenters. The summed E-state index contributed by atoms with van der Waals surface area (Å²) in [5.41, 5.74) is 2.84. The first-order chi connectivity index (χ1) is 11.5. The van der Waals surface area contributed by atoms with E-state index in [1.165, 1.54) is 6.92 Å². The lowest BCUT2D eigenvalue weighted by Gasteiger charge is -2.34. The van der Waals surface area contributed by atoms with Crippen LogP contribution in [-0.4, -0.2) is 28.0 Å². The van der Waals surface area contributed by atoms with Crippen molar-refractivity contribution < 1.29 is 9.59 Å². The van der Waals surface area contributed by atoms with Crippen LogP contribution in [-0.2, 0) is 17.9 Å². The Kier molecular flexibility index (Phi) is 4.55. The van der Waals surface area contributed by atoms with Crippen LogP contribution >= 0.6 is 0 Å². The largest absolute Gasteiger partial charge is 0.348 e. The zero-order valence-electron chi connectivity index (χ0n) is 14.0. The van der Waals surface area contributed by atoms with Crippen LogP contribution in [0.1, 0.15) is 31.1 Å². The molecule has 1 aliphatic rings. The SMILES string of the molecule is CC(=O)Nc1cccc(CNC(=O)N2CCn3cccc3C2C)c1. The van der Waals surface area contributed by atoms with E-state index in [-0.39, 0.29) is 18.0 Å². The molecule has 2 heterocycles. The van der Waals surface area contributed by atoms with Crippen LogP contribution in [0.5, 0.6) is 0 Å². The first-order valence-corrected chi connectivity index (χ1v) is 8.10. The van der Waals surface area contributed by atoms with Crippen molar-refractivity contribution in [3.8, 4) is 0 Å². The molecule has 0 aliphatic carbocycles. The van der Waals surface area contributed by atoms with Gasteiger partial charge in [-0.2, -0.15) is 0 Å². The second kappa shape index (κ2) is 6.78. The maximum atomic E-state index is 12.5. The standard InChI is InChI=1S/C18H22N4O2/c1-13-17-7-4-8-21(17)9-10-22(13)18(24)19-12-15-5-3-6-16(11-15)20-14(2)23/h3-8,11,13H,9-10,12H2,1-2H3,(H,19,24)(H,20,23). The van der Waals surface area contributed by atoms with Crippen molar-refractivity contribution in [2.75, 3.05) is 11.9 Å². The van der Waals surface area contributed by atoms with Gasteiger partial charge in [0.15, 0.2) is 0 Å². The minimum absolute atomic E-state index is 0.0551. The van der Waals surface area contributed by atoms with Crippen LogP contribution < -0.4 is 10.6 Å². The summed E-state index contributed by atoms with van der Waals surface area (Å²) in [5, 5.41) is 5.71. The fourth-order valence-electron chi connectivity index (χ4n) is 3.10. The lowest BCUT2D eigenvalue weighted by molar-refractivity contribution is -0.114. The number of urea groups is 1. The minimum atomic E-state index is -0.110. The van der Waals surface area contributed by atoms with E-state index in [1.807, 2.05) is 42.2 Å². The molecule has 2 N–H and O–H groups in total. The molecule has 2 aromatic rings. The average molecular weight is 326 g/mol. The summed E-state index contributed by atoms with van der Waals surface area (Å²) in [4.78, 5) is 25.5. The van der Waals surface area contributed by atoms with E-state index in [9.17, 15) is 9.59 Å². The molecule has 24 heavy (non-hydrogen) atoms. The highest BCUT2D eigenvalue weighted by molar-refractivity contribution is 5.88. The van der Waals surface area contributed by atoms with E-state index < -0.39 is 0 Å². The number of anilines is 1. The Morgan fingerprint density at radius 1 is 1.21 bits per heavy atom. The topological polar surface area (TPSA) is 66.4 Å². The van der Waals surface area contributed by atoms with Crippen LogP contribution in [0.2, 0.25) is 0 Å². The van der Waals surface area contributed by atoms with Gasteiger partial charge >= 0.3 is 6.03 Å². The third kappa shape index (κ3) is 3.42. The van der Waals surface area contributed by atoms with Crippen LogP contribution in [0.25, 0.3) is 0 Å². The van der Waals surface area contributed by atoms with Gasteiger partial charge in [0.25, 0.3) is 0 Å². The van der Waals surface area contributed by atoms with Gasteiger partial charge in [-0.15, -0.1) is 0 Å². The number of benzene rings is 1. The number of nitrogens with zero attached hydrogens (tertiary/aromatic N) is 2. The van der Waals surface area contributed by atoms with Crippen LogP contribution in [0.15, 0.2) is 42.6 Å². The molecule has 0 radical (unpaired) electrons. The molecule has 0 spiro atoms. The van der Waals surface area contributed by atoms with E-state index in [0.29, 0.717) is 13.1 Å². The van der Waals surface area contributed by atoms with E-state index in [0.717, 1.165) is 23.5 Å². The van der Waals surface area contributed by atoms with Gasteiger partial charge in [-0.3, -0.25) is 4.79 Å². The molecule has 0 saturated heterocycles. The van der Waals surface area contributed by atoms with Gasteiger partial charge < -0.3 is 20.1 Å². The number of carbonyl (C=O) groups excluding carboxylic acids is 2. The Balaban J connectivity index is 1.61. The fraction of sp³-hybridized carbons (Fsp3) is 0.333. The molecule has 3 amide bonds. The second-order valence-corrected chi connectivity index (χ2v) is 6.04. The second-order valence-electron chi connectivity index (χ2n) is 6.04. The van der Waals surface area contributed by atoms with Crippen molar-refractivity contribution in [2.45, 2.75) is 33.0 Å². The normalized spacial score (nSPS) is 16.4. The van der Waals surface area contributed by atoms with E-state index in [2.05, 4.69) is 27.5 Å². The number of rotatable bonds is 3. The molecule has 1 aromatic carbocycles. The summed E-state index contributed by atoms with van der Waals surface area (Å²) >= 11 is 0. The monoisotopic (exact) mass is 326 g/mol. The van der Waals surface area contributed by atoms with Crippen molar-refractivity contribution in [1.82, 2.24) is 14.8 Å². The molecular weight excluding hydrogens is 304 g/mol. The number of fused-ring (bicyclic) bond motifs is 1. The first kappa shape index (κ1) is 16.1. The lowest BCUT2D eigenvalue weighted by Crippen LogP contribution is -2.45. The van der Waals surface area contributed by atoms with Crippen LogP contribution in [0, 0.1) is 0 Å². The highest BCUT2D eigenvalue weighted by Crippen LogP contribution is 2.25. The molecule has 1 aliphatic heterocycles. The highest BCUT2D eigenvalue weighted by Gasteiger charge is 2.27. The maximum Gasteiger partial charge on any atom is 0.318 e. The summed E-state index contributed by atoms with van der Waals surface area (Å²) in [7, 11) is 0. The quantitative estimate of drug-likeness (QED) is 0.911. The van der Waals surface area contributed by atoms with E-state index >= 15 is 0 Å². The molecule has 6 nitrogen and oxygen atoms in total. The number of nitrogens with one attached hydrogen (secondary N) is 2. The van der Waals surface area contributed by atoms with Crippen molar-refractivity contribution >= 4 is 17.6 Å². The van der Waals surface area contributed by atoms with Gasteiger partial charge in [-0.1, -0.05) is 12.1 Å². The summed E-state index contributed by atoms with van der Waals surface area (Å²) in [6.45, 7) is 5.46. The molecule has 0 fully saturated rings. The number of hydrogen-bond acceptors (Lipinski definition) is 2. The van der Waals surface area contributed by atoms with Crippen LogP contribution in [0.4, 0.5) is 10.5 Å². The minimum Gasteiger partial charge on any atom is -0.348 e. The van der Waals surface area contributed by atoms with E-state index in [1.54, 1.807) is 0 Å². The summed E-state index contributed by atoms with van der Waals surface area (Å²) < 4.78 is 2.19. The Morgan fingerprint density at radius 2 is 2.04 bits per heavy atom. The van der Waals surface area contributed by atoms with Crippen LogP contribution in [0.3, 0.4) is 0 Å².